The van der Waals surface area contributed by atoms with Crippen LogP contribution in [0.4, 0.5) is 13.2 Å². The number of hydrogen-bond donors (Lipinski definition) is 2. The number of fused-ring (bicyclic) bond motifs is 1. The molecule has 5 heteroatoms. The van der Waals surface area contributed by atoms with Crippen LogP contribution in [0.1, 0.15) is 30.7 Å². The largest absolute Gasteiger partial charge is 0.352 e. The van der Waals surface area contributed by atoms with Gasteiger partial charge in [-0.05, 0) is 67.3 Å². The molecule has 1 saturated carbocycles. The zero-order chi connectivity index (χ0) is 17.3. The summed E-state index contributed by atoms with van der Waals surface area (Å²) in [7, 11) is 1.50. The van der Waals surface area contributed by atoms with Crippen LogP contribution in [-0.2, 0) is 0 Å². The number of hydrogen-bond acceptors (Lipinski definition) is 1. The van der Waals surface area contributed by atoms with E-state index in [1.165, 1.54) is 25.2 Å². The summed E-state index contributed by atoms with van der Waals surface area (Å²) in [4.78, 5) is 3.08. The maximum absolute atomic E-state index is 14.1. The average molecular weight is 332 g/mol. The molecule has 3 N–H and O–H groups in total. The predicted molar refractivity (Wildman–Crippen MR) is 90.3 cm³/mol. The third-order valence-corrected chi connectivity index (χ3v) is 4.51. The van der Waals surface area contributed by atoms with Crippen molar-refractivity contribution in [2.45, 2.75) is 25.2 Å². The van der Waals surface area contributed by atoms with Crippen molar-refractivity contribution in [1.82, 2.24) is 4.98 Å². The molecule has 0 atom stereocenters. The maximum atomic E-state index is 14.1. The molecule has 0 unspecified atom stereocenters. The van der Waals surface area contributed by atoms with Crippen LogP contribution in [-0.4, -0.2) is 12.0 Å². The van der Waals surface area contributed by atoms with Gasteiger partial charge in [-0.2, -0.15) is 0 Å². The number of aromatic nitrogens is 1. The standard InChI is InChI=1S/C18H14F3N.CH5N/c19-12-6-4-11(5-7-12)17-16(10-2-1-3-10)14-8-13(20)9-15(21)18(14)22-17;1-2/h4-10,22H,1-3H2;2H2,1H3. The Hall–Kier alpha value is -2.27. The van der Waals surface area contributed by atoms with Crippen molar-refractivity contribution in [2.24, 2.45) is 5.73 Å². The third-order valence-electron chi connectivity index (χ3n) is 4.51. The van der Waals surface area contributed by atoms with E-state index < -0.39 is 11.6 Å². The minimum absolute atomic E-state index is 0.301. The molecule has 24 heavy (non-hydrogen) atoms. The Kier molecular flexibility index (Phi) is 4.62. The molecule has 1 aliphatic carbocycles. The maximum Gasteiger partial charge on any atom is 0.150 e. The van der Waals surface area contributed by atoms with E-state index in [0.29, 0.717) is 16.8 Å². The van der Waals surface area contributed by atoms with E-state index in [-0.39, 0.29) is 5.82 Å². The zero-order valence-electron chi connectivity index (χ0n) is 13.4. The van der Waals surface area contributed by atoms with Crippen molar-refractivity contribution in [1.29, 1.82) is 0 Å². The molecular formula is C19H19F3N2. The molecule has 1 aromatic heterocycles. The highest BCUT2D eigenvalue weighted by Gasteiger charge is 2.27. The molecular weight excluding hydrogens is 313 g/mol. The van der Waals surface area contributed by atoms with Gasteiger partial charge in [0.1, 0.15) is 17.5 Å². The number of aromatic amines is 1. The van der Waals surface area contributed by atoms with Gasteiger partial charge in [0.2, 0.25) is 0 Å². The van der Waals surface area contributed by atoms with Gasteiger partial charge in [-0.1, -0.05) is 6.42 Å². The van der Waals surface area contributed by atoms with Gasteiger partial charge in [-0.3, -0.25) is 0 Å². The van der Waals surface area contributed by atoms with Crippen molar-refractivity contribution in [3.8, 4) is 11.3 Å². The first kappa shape index (κ1) is 16.6. The lowest BCUT2D eigenvalue weighted by Crippen LogP contribution is -2.09. The SMILES string of the molecule is CN.Fc1ccc(-c2[nH]c3c(F)cc(F)cc3c2C2CCC2)cc1. The lowest BCUT2D eigenvalue weighted by atomic mass is 9.78. The molecule has 0 radical (unpaired) electrons. The molecule has 0 spiro atoms. The summed E-state index contributed by atoms with van der Waals surface area (Å²) < 4.78 is 40.8. The molecule has 0 bridgehead atoms. The van der Waals surface area contributed by atoms with Crippen LogP contribution in [0.2, 0.25) is 0 Å². The Morgan fingerprint density at radius 3 is 2.21 bits per heavy atom. The van der Waals surface area contributed by atoms with Crippen molar-refractivity contribution in [3.05, 3.63) is 59.4 Å². The average Bonchev–Trinajstić information content (AvgIpc) is 2.88. The summed E-state index contributed by atoms with van der Waals surface area (Å²) in [5.41, 5.74) is 7.33. The van der Waals surface area contributed by atoms with Gasteiger partial charge < -0.3 is 10.7 Å². The van der Waals surface area contributed by atoms with Crippen LogP contribution in [0.3, 0.4) is 0 Å². The molecule has 2 aromatic carbocycles. The number of rotatable bonds is 2. The second-order valence-corrected chi connectivity index (χ2v) is 5.86. The summed E-state index contributed by atoms with van der Waals surface area (Å²) >= 11 is 0. The molecule has 0 amide bonds. The fourth-order valence-corrected chi connectivity index (χ4v) is 3.21. The summed E-state index contributed by atoms with van der Waals surface area (Å²) in [5, 5.41) is 0.599. The van der Waals surface area contributed by atoms with Gasteiger partial charge in [0.05, 0.1) is 11.2 Å². The number of benzene rings is 2. The quantitative estimate of drug-likeness (QED) is 0.674. The molecule has 2 nitrogen and oxygen atoms in total. The second kappa shape index (κ2) is 6.69. The molecule has 3 aromatic rings. The lowest BCUT2D eigenvalue weighted by molar-refractivity contribution is 0.423. The third kappa shape index (κ3) is 2.80. The summed E-state index contributed by atoms with van der Waals surface area (Å²) in [6.07, 6.45) is 3.15. The van der Waals surface area contributed by atoms with Crippen LogP contribution in [0, 0.1) is 17.5 Å². The Bertz CT molecular complexity index is 849. The monoisotopic (exact) mass is 332 g/mol. The van der Waals surface area contributed by atoms with E-state index in [1.54, 1.807) is 12.1 Å². The van der Waals surface area contributed by atoms with Gasteiger partial charge in [-0.15, -0.1) is 0 Å². The molecule has 0 aliphatic heterocycles. The van der Waals surface area contributed by atoms with Crippen molar-refractivity contribution >= 4 is 10.9 Å². The highest BCUT2D eigenvalue weighted by atomic mass is 19.1. The highest BCUT2D eigenvalue weighted by Crippen LogP contribution is 2.45. The fourth-order valence-electron chi connectivity index (χ4n) is 3.21. The number of halogens is 3. The summed E-state index contributed by atoms with van der Waals surface area (Å²) in [5.74, 6) is -1.18. The topological polar surface area (TPSA) is 41.8 Å². The Labute approximate surface area is 138 Å². The number of nitrogens with one attached hydrogen (secondary N) is 1. The Balaban J connectivity index is 0.000000815. The van der Waals surface area contributed by atoms with Gasteiger partial charge >= 0.3 is 0 Å². The highest BCUT2D eigenvalue weighted by molar-refractivity contribution is 5.92. The van der Waals surface area contributed by atoms with Crippen LogP contribution < -0.4 is 5.73 Å². The second-order valence-electron chi connectivity index (χ2n) is 5.86. The minimum atomic E-state index is -0.594. The first-order valence-corrected chi connectivity index (χ1v) is 7.98. The predicted octanol–water partition coefficient (Wildman–Crippen LogP) is 5.09. The molecule has 4 rings (SSSR count). The van der Waals surface area contributed by atoms with Crippen molar-refractivity contribution < 1.29 is 13.2 Å². The van der Waals surface area contributed by atoms with Crippen LogP contribution in [0.15, 0.2) is 36.4 Å². The minimum Gasteiger partial charge on any atom is -0.352 e. The molecule has 0 saturated heterocycles. The molecule has 1 fully saturated rings. The fraction of sp³-hybridized carbons (Fsp3) is 0.263. The van der Waals surface area contributed by atoms with E-state index in [2.05, 4.69) is 10.7 Å². The zero-order valence-corrected chi connectivity index (χ0v) is 13.4. The van der Waals surface area contributed by atoms with Gasteiger partial charge in [-0.25, -0.2) is 13.2 Å². The van der Waals surface area contributed by atoms with Crippen molar-refractivity contribution in [3.63, 3.8) is 0 Å². The molecule has 1 heterocycles. The van der Waals surface area contributed by atoms with Gasteiger partial charge in [0.15, 0.2) is 0 Å². The smallest absolute Gasteiger partial charge is 0.150 e. The van der Waals surface area contributed by atoms with E-state index in [4.69, 9.17) is 0 Å². The van der Waals surface area contributed by atoms with E-state index in [0.717, 1.165) is 42.1 Å². The summed E-state index contributed by atoms with van der Waals surface area (Å²) in [6, 6.07) is 8.35. The number of H-pyrrole nitrogens is 1. The first-order chi connectivity index (χ1) is 11.6. The van der Waals surface area contributed by atoms with E-state index >= 15 is 0 Å². The van der Waals surface area contributed by atoms with Crippen molar-refractivity contribution in [2.75, 3.05) is 7.05 Å². The van der Waals surface area contributed by atoms with E-state index in [1.807, 2.05) is 0 Å². The first-order valence-electron chi connectivity index (χ1n) is 7.98. The Morgan fingerprint density at radius 1 is 0.958 bits per heavy atom. The van der Waals surface area contributed by atoms with Gasteiger partial charge in [0.25, 0.3) is 0 Å². The number of nitrogens with two attached hydrogens (primary N) is 1. The Morgan fingerprint density at radius 2 is 1.62 bits per heavy atom. The lowest BCUT2D eigenvalue weighted by Gasteiger charge is -2.26. The summed E-state index contributed by atoms with van der Waals surface area (Å²) in [6.45, 7) is 0. The van der Waals surface area contributed by atoms with Gasteiger partial charge in [0, 0.05) is 11.5 Å². The van der Waals surface area contributed by atoms with E-state index in [9.17, 15) is 13.2 Å². The van der Waals surface area contributed by atoms with Crippen LogP contribution in [0.25, 0.3) is 22.2 Å². The molecule has 126 valence electrons. The normalized spacial score (nSPS) is 14.2. The van der Waals surface area contributed by atoms with Crippen LogP contribution in [0.5, 0.6) is 0 Å². The molecule has 1 aliphatic rings. The van der Waals surface area contributed by atoms with Crippen LogP contribution >= 0.6 is 0 Å².